The third-order valence-corrected chi connectivity index (χ3v) is 2.40. The number of rotatable bonds is 3. The summed E-state index contributed by atoms with van der Waals surface area (Å²) < 4.78 is 5.71. The first-order valence-corrected chi connectivity index (χ1v) is 5.76. The van der Waals surface area contributed by atoms with Crippen molar-refractivity contribution in [3.05, 3.63) is 54.1 Å². The van der Waals surface area contributed by atoms with Gasteiger partial charge < -0.3 is 10.1 Å². The molecule has 0 radical (unpaired) electrons. The van der Waals surface area contributed by atoms with Crippen molar-refractivity contribution >= 4 is 11.6 Å². The molecule has 0 heterocycles. The summed E-state index contributed by atoms with van der Waals surface area (Å²) in [6.07, 6.45) is 0. The molecule has 92 valence electrons. The van der Waals surface area contributed by atoms with Crippen LogP contribution in [0.15, 0.2) is 48.5 Å². The quantitative estimate of drug-likeness (QED) is 0.888. The molecule has 3 nitrogen and oxygen atoms in total. The fraction of sp³-hybridized carbons (Fsp3) is 0.133. The van der Waals surface area contributed by atoms with Crippen LogP contribution in [0.4, 0.5) is 5.69 Å². The molecule has 0 saturated carbocycles. The Hall–Kier alpha value is -2.29. The van der Waals surface area contributed by atoms with E-state index in [1.165, 1.54) is 6.92 Å². The topological polar surface area (TPSA) is 38.3 Å². The lowest BCUT2D eigenvalue weighted by Crippen LogP contribution is -2.05. The standard InChI is InChI=1S/C15H15NO2/c1-11-4-3-5-15(10-11)18-14-8-6-13(7-9-14)16-12(2)17/h3-10H,1-2H3,(H,16,17). The summed E-state index contributed by atoms with van der Waals surface area (Å²) in [6, 6.07) is 15.1. The molecule has 0 spiro atoms. The molecule has 0 atom stereocenters. The van der Waals surface area contributed by atoms with Gasteiger partial charge in [-0.25, -0.2) is 0 Å². The zero-order valence-electron chi connectivity index (χ0n) is 10.4. The molecule has 2 aromatic carbocycles. The second-order valence-electron chi connectivity index (χ2n) is 4.12. The van der Waals surface area contributed by atoms with Gasteiger partial charge in [-0.2, -0.15) is 0 Å². The van der Waals surface area contributed by atoms with Crippen LogP contribution in [0.1, 0.15) is 12.5 Å². The van der Waals surface area contributed by atoms with Gasteiger partial charge in [0.25, 0.3) is 0 Å². The van der Waals surface area contributed by atoms with Crippen molar-refractivity contribution in [2.24, 2.45) is 0 Å². The van der Waals surface area contributed by atoms with Crippen LogP contribution in [-0.4, -0.2) is 5.91 Å². The smallest absolute Gasteiger partial charge is 0.221 e. The Morgan fingerprint density at radius 2 is 1.78 bits per heavy atom. The zero-order chi connectivity index (χ0) is 13.0. The van der Waals surface area contributed by atoms with E-state index in [1.54, 1.807) is 0 Å². The second-order valence-corrected chi connectivity index (χ2v) is 4.12. The number of nitrogens with one attached hydrogen (secondary N) is 1. The monoisotopic (exact) mass is 241 g/mol. The largest absolute Gasteiger partial charge is 0.457 e. The summed E-state index contributed by atoms with van der Waals surface area (Å²) in [5, 5.41) is 2.71. The normalized spacial score (nSPS) is 9.89. The lowest BCUT2D eigenvalue weighted by molar-refractivity contribution is -0.114. The van der Waals surface area contributed by atoms with E-state index in [1.807, 2.05) is 55.5 Å². The Kier molecular flexibility index (Phi) is 3.63. The Morgan fingerprint density at radius 1 is 1.06 bits per heavy atom. The Balaban J connectivity index is 2.08. The molecule has 1 amide bonds. The first-order valence-electron chi connectivity index (χ1n) is 5.76. The van der Waals surface area contributed by atoms with Crippen LogP contribution in [0.5, 0.6) is 11.5 Å². The molecule has 0 aliphatic carbocycles. The van der Waals surface area contributed by atoms with Gasteiger partial charge in [0.2, 0.25) is 5.91 Å². The fourth-order valence-electron chi connectivity index (χ4n) is 1.62. The van der Waals surface area contributed by atoms with Crippen molar-refractivity contribution in [3.8, 4) is 11.5 Å². The molecule has 0 aliphatic rings. The van der Waals surface area contributed by atoms with Crippen LogP contribution in [0, 0.1) is 6.92 Å². The third kappa shape index (κ3) is 3.35. The number of carbonyl (C=O) groups is 1. The van der Waals surface area contributed by atoms with E-state index in [0.29, 0.717) is 0 Å². The highest BCUT2D eigenvalue weighted by atomic mass is 16.5. The predicted octanol–water partition coefficient (Wildman–Crippen LogP) is 3.75. The number of hydrogen-bond donors (Lipinski definition) is 1. The van der Waals surface area contributed by atoms with E-state index in [2.05, 4.69) is 5.32 Å². The lowest BCUT2D eigenvalue weighted by Gasteiger charge is -2.07. The predicted molar refractivity (Wildman–Crippen MR) is 72.0 cm³/mol. The summed E-state index contributed by atoms with van der Waals surface area (Å²) >= 11 is 0. The molecule has 0 saturated heterocycles. The molecular formula is C15H15NO2. The minimum absolute atomic E-state index is 0.0812. The minimum Gasteiger partial charge on any atom is -0.457 e. The summed E-state index contributed by atoms with van der Waals surface area (Å²) in [4.78, 5) is 10.9. The molecule has 18 heavy (non-hydrogen) atoms. The van der Waals surface area contributed by atoms with Gasteiger partial charge in [-0.1, -0.05) is 12.1 Å². The molecule has 0 aromatic heterocycles. The molecule has 2 rings (SSSR count). The molecule has 1 N–H and O–H groups in total. The van der Waals surface area contributed by atoms with Crippen molar-refractivity contribution < 1.29 is 9.53 Å². The minimum atomic E-state index is -0.0812. The van der Waals surface area contributed by atoms with Gasteiger partial charge in [0.05, 0.1) is 0 Å². The van der Waals surface area contributed by atoms with Gasteiger partial charge in [0, 0.05) is 12.6 Å². The molecule has 0 aliphatic heterocycles. The van der Waals surface area contributed by atoms with Crippen LogP contribution in [-0.2, 0) is 4.79 Å². The number of aryl methyl sites for hydroxylation is 1. The van der Waals surface area contributed by atoms with Crippen LogP contribution in [0.3, 0.4) is 0 Å². The number of ether oxygens (including phenoxy) is 1. The van der Waals surface area contributed by atoms with Gasteiger partial charge in [0.1, 0.15) is 11.5 Å². The first-order chi connectivity index (χ1) is 8.63. The average Bonchev–Trinajstić information content (AvgIpc) is 2.31. The van der Waals surface area contributed by atoms with E-state index in [-0.39, 0.29) is 5.91 Å². The number of hydrogen-bond acceptors (Lipinski definition) is 2. The van der Waals surface area contributed by atoms with E-state index in [9.17, 15) is 4.79 Å². The number of benzene rings is 2. The Bertz CT molecular complexity index is 547. The van der Waals surface area contributed by atoms with Crippen molar-refractivity contribution in [2.75, 3.05) is 5.32 Å². The van der Waals surface area contributed by atoms with E-state index >= 15 is 0 Å². The SMILES string of the molecule is CC(=O)Nc1ccc(Oc2cccc(C)c2)cc1. The van der Waals surface area contributed by atoms with Gasteiger partial charge in [-0.05, 0) is 48.9 Å². The Morgan fingerprint density at radius 3 is 2.39 bits per heavy atom. The van der Waals surface area contributed by atoms with Crippen LogP contribution >= 0.6 is 0 Å². The maximum absolute atomic E-state index is 10.9. The van der Waals surface area contributed by atoms with Gasteiger partial charge in [0.15, 0.2) is 0 Å². The molecule has 0 fully saturated rings. The molecule has 0 unspecified atom stereocenters. The fourth-order valence-corrected chi connectivity index (χ4v) is 1.62. The van der Waals surface area contributed by atoms with Crippen LogP contribution in [0.2, 0.25) is 0 Å². The zero-order valence-corrected chi connectivity index (χ0v) is 10.4. The van der Waals surface area contributed by atoms with Gasteiger partial charge >= 0.3 is 0 Å². The maximum Gasteiger partial charge on any atom is 0.221 e. The van der Waals surface area contributed by atoms with Gasteiger partial charge in [-0.3, -0.25) is 4.79 Å². The van der Waals surface area contributed by atoms with E-state index < -0.39 is 0 Å². The molecular weight excluding hydrogens is 226 g/mol. The van der Waals surface area contributed by atoms with Crippen molar-refractivity contribution in [3.63, 3.8) is 0 Å². The highest BCUT2D eigenvalue weighted by molar-refractivity contribution is 5.88. The maximum atomic E-state index is 10.9. The number of carbonyl (C=O) groups excluding carboxylic acids is 1. The molecule has 2 aromatic rings. The first kappa shape index (κ1) is 12.2. The van der Waals surface area contributed by atoms with Crippen LogP contribution in [0.25, 0.3) is 0 Å². The average molecular weight is 241 g/mol. The van der Waals surface area contributed by atoms with Gasteiger partial charge in [-0.15, -0.1) is 0 Å². The van der Waals surface area contributed by atoms with Crippen LogP contribution < -0.4 is 10.1 Å². The third-order valence-electron chi connectivity index (χ3n) is 2.40. The summed E-state index contributed by atoms with van der Waals surface area (Å²) in [5.41, 5.74) is 1.92. The number of anilines is 1. The molecule has 3 heteroatoms. The van der Waals surface area contributed by atoms with Crippen molar-refractivity contribution in [1.82, 2.24) is 0 Å². The summed E-state index contributed by atoms with van der Waals surface area (Å²) in [6.45, 7) is 3.50. The summed E-state index contributed by atoms with van der Waals surface area (Å²) in [5.74, 6) is 1.47. The summed E-state index contributed by atoms with van der Waals surface area (Å²) in [7, 11) is 0. The van der Waals surface area contributed by atoms with Crippen molar-refractivity contribution in [1.29, 1.82) is 0 Å². The molecule has 0 bridgehead atoms. The van der Waals surface area contributed by atoms with E-state index in [4.69, 9.17) is 4.74 Å². The van der Waals surface area contributed by atoms with Crippen molar-refractivity contribution in [2.45, 2.75) is 13.8 Å². The lowest BCUT2D eigenvalue weighted by atomic mass is 10.2. The van der Waals surface area contributed by atoms with E-state index in [0.717, 1.165) is 22.7 Å². The highest BCUT2D eigenvalue weighted by Gasteiger charge is 1.99. The highest BCUT2D eigenvalue weighted by Crippen LogP contribution is 2.23. The second kappa shape index (κ2) is 5.36. The number of amides is 1. The Labute approximate surface area is 106 Å².